The van der Waals surface area contributed by atoms with Crippen molar-refractivity contribution in [3.8, 4) is 0 Å². The van der Waals surface area contributed by atoms with Crippen LogP contribution >= 0.6 is 11.8 Å². The summed E-state index contributed by atoms with van der Waals surface area (Å²) in [4.78, 5) is 34.5. The highest BCUT2D eigenvalue weighted by Gasteiger charge is 2.28. The lowest BCUT2D eigenvalue weighted by Crippen LogP contribution is -2.36. The number of hydrogen-bond donors (Lipinski definition) is 2. The first-order valence-corrected chi connectivity index (χ1v) is 7.49. The van der Waals surface area contributed by atoms with Crippen LogP contribution in [-0.2, 0) is 14.3 Å². The average Bonchev–Trinajstić information content (AvgIpc) is 2.82. The Bertz CT molecular complexity index is 562. The first-order valence-electron chi connectivity index (χ1n) is 6.51. The monoisotopic (exact) mass is 308 g/mol. The number of amides is 2. The molecule has 2 N–H and O–H groups in total. The number of benzene rings is 1. The van der Waals surface area contributed by atoms with E-state index < -0.39 is 17.3 Å². The molecule has 1 fully saturated rings. The fraction of sp³-hybridized carbons (Fsp3) is 0.357. The molecule has 2 amide bonds. The van der Waals surface area contributed by atoms with Crippen molar-refractivity contribution in [2.45, 2.75) is 19.4 Å². The maximum absolute atomic E-state index is 11.7. The Morgan fingerprint density at radius 1 is 1.43 bits per heavy atom. The molecule has 2 rings (SSSR count). The highest BCUT2D eigenvalue weighted by atomic mass is 32.2. The predicted molar refractivity (Wildman–Crippen MR) is 80.2 cm³/mol. The van der Waals surface area contributed by atoms with Crippen molar-refractivity contribution in [3.63, 3.8) is 0 Å². The van der Waals surface area contributed by atoms with Gasteiger partial charge in [0.1, 0.15) is 6.04 Å². The van der Waals surface area contributed by atoms with E-state index in [1.54, 1.807) is 6.07 Å². The molecule has 0 bridgehead atoms. The fourth-order valence-corrected chi connectivity index (χ4v) is 2.42. The van der Waals surface area contributed by atoms with Gasteiger partial charge in [0.05, 0.1) is 12.4 Å². The molecule has 21 heavy (non-hydrogen) atoms. The van der Waals surface area contributed by atoms with Crippen LogP contribution in [0.2, 0.25) is 0 Å². The molecule has 0 aromatic heterocycles. The van der Waals surface area contributed by atoms with E-state index in [0.29, 0.717) is 18.7 Å². The van der Waals surface area contributed by atoms with E-state index in [-0.39, 0.29) is 11.7 Å². The van der Waals surface area contributed by atoms with Crippen LogP contribution in [0.15, 0.2) is 24.3 Å². The highest BCUT2D eigenvalue weighted by Crippen LogP contribution is 2.12. The van der Waals surface area contributed by atoms with Crippen LogP contribution in [0.25, 0.3) is 0 Å². The molecular weight excluding hydrogens is 292 g/mol. The minimum absolute atomic E-state index is 0.0124. The highest BCUT2D eigenvalue weighted by molar-refractivity contribution is 8.14. The smallest absolute Gasteiger partial charge is 0.328 e. The van der Waals surface area contributed by atoms with Gasteiger partial charge in [0, 0.05) is 12.1 Å². The molecule has 6 nitrogen and oxygen atoms in total. The van der Waals surface area contributed by atoms with Crippen LogP contribution in [0.3, 0.4) is 0 Å². The molecule has 1 aromatic carbocycles. The van der Waals surface area contributed by atoms with E-state index in [9.17, 15) is 14.4 Å². The molecule has 0 aliphatic carbocycles. The summed E-state index contributed by atoms with van der Waals surface area (Å²) in [7, 11) is 0. The van der Waals surface area contributed by atoms with Gasteiger partial charge < -0.3 is 15.4 Å². The molecule has 1 atom stereocenters. The molecule has 1 aliphatic rings. The number of aryl methyl sites for hydroxylation is 1. The van der Waals surface area contributed by atoms with Crippen molar-refractivity contribution in [2.75, 3.05) is 17.7 Å². The lowest BCUT2D eigenvalue weighted by atomic mass is 10.2. The minimum atomic E-state index is -0.593. The average molecular weight is 308 g/mol. The summed E-state index contributed by atoms with van der Waals surface area (Å²) in [6.45, 7) is 2.25. The van der Waals surface area contributed by atoms with E-state index in [0.717, 1.165) is 17.3 Å². The van der Waals surface area contributed by atoms with Crippen molar-refractivity contribution >= 4 is 34.6 Å². The molecule has 0 saturated carbocycles. The van der Waals surface area contributed by atoms with Gasteiger partial charge in [-0.3, -0.25) is 9.59 Å². The molecule has 0 radical (unpaired) electrons. The second-order valence-electron chi connectivity index (χ2n) is 4.65. The second kappa shape index (κ2) is 7.12. The SMILES string of the molecule is Cc1cccc(NC(=O)CSC(=O)N[C@H]2CCOC2=O)c1. The van der Waals surface area contributed by atoms with E-state index >= 15 is 0 Å². The number of thioether (sulfide) groups is 1. The summed E-state index contributed by atoms with van der Waals surface area (Å²) in [6, 6.07) is 6.81. The molecule has 0 spiro atoms. The number of cyclic esters (lactones) is 1. The van der Waals surface area contributed by atoms with Gasteiger partial charge in [-0.05, 0) is 24.6 Å². The summed E-state index contributed by atoms with van der Waals surface area (Å²) in [5, 5.41) is 4.83. The van der Waals surface area contributed by atoms with Gasteiger partial charge in [-0.25, -0.2) is 4.79 Å². The van der Waals surface area contributed by atoms with Crippen LogP contribution < -0.4 is 10.6 Å². The fourth-order valence-electron chi connectivity index (χ4n) is 1.86. The molecule has 0 unspecified atom stereocenters. The minimum Gasteiger partial charge on any atom is -0.464 e. The molecule has 112 valence electrons. The van der Waals surface area contributed by atoms with E-state index in [1.807, 2.05) is 25.1 Å². The lowest BCUT2D eigenvalue weighted by Gasteiger charge is -2.08. The Labute approximate surface area is 126 Å². The number of carbonyl (C=O) groups is 3. The van der Waals surface area contributed by atoms with Gasteiger partial charge in [-0.15, -0.1) is 0 Å². The second-order valence-corrected chi connectivity index (χ2v) is 5.60. The van der Waals surface area contributed by atoms with Crippen LogP contribution in [-0.4, -0.2) is 35.5 Å². The maximum atomic E-state index is 11.7. The topological polar surface area (TPSA) is 84.5 Å². The molecule has 1 aromatic rings. The number of esters is 1. The summed E-state index contributed by atoms with van der Waals surface area (Å²) in [6.07, 6.45) is 0.473. The van der Waals surface area contributed by atoms with Crippen LogP contribution in [0.5, 0.6) is 0 Å². The normalized spacial score (nSPS) is 17.2. The zero-order valence-electron chi connectivity index (χ0n) is 11.5. The Kier molecular flexibility index (Phi) is 5.21. The first kappa shape index (κ1) is 15.4. The third kappa shape index (κ3) is 4.78. The van der Waals surface area contributed by atoms with Gasteiger partial charge in [0.25, 0.3) is 5.24 Å². The quantitative estimate of drug-likeness (QED) is 0.827. The number of rotatable bonds is 4. The van der Waals surface area contributed by atoms with Gasteiger partial charge >= 0.3 is 5.97 Å². The largest absolute Gasteiger partial charge is 0.464 e. The molecule has 7 heteroatoms. The van der Waals surface area contributed by atoms with Crippen molar-refractivity contribution in [1.82, 2.24) is 5.32 Å². The van der Waals surface area contributed by atoms with Gasteiger partial charge in [0.2, 0.25) is 5.91 Å². The molecule has 1 saturated heterocycles. The van der Waals surface area contributed by atoms with Crippen molar-refractivity contribution in [3.05, 3.63) is 29.8 Å². The summed E-state index contributed by atoms with van der Waals surface area (Å²) >= 11 is 0.827. The number of carbonyl (C=O) groups excluding carboxylic acids is 3. The van der Waals surface area contributed by atoms with Crippen LogP contribution in [0.1, 0.15) is 12.0 Å². The summed E-state index contributed by atoms with van der Waals surface area (Å²) in [5.41, 5.74) is 1.73. The van der Waals surface area contributed by atoms with Crippen molar-refractivity contribution in [2.24, 2.45) is 0 Å². The maximum Gasteiger partial charge on any atom is 0.328 e. The zero-order valence-corrected chi connectivity index (χ0v) is 12.4. The predicted octanol–water partition coefficient (Wildman–Crippen LogP) is 1.69. The van der Waals surface area contributed by atoms with E-state index in [4.69, 9.17) is 4.74 Å². The van der Waals surface area contributed by atoms with Crippen molar-refractivity contribution in [1.29, 1.82) is 0 Å². The number of hydrogen-bond acceptors (Lipinski definition) is 5. The van der Waals surface area contributed by atoms with Crippen LogP contribution in [0.4, 0.5) is 10.5 Å². The van der Waals surface area contributed by atoms with Gasteiger partial charge in [-0.1, -0.05) is 23.9 Å². The summed E-state index contributed by atoms with van der Waals surface area (Å²) in [5.74, 6) is -0.704. The third-order valence-corrected chi connectivity index (χ3v) is 3.65. The Morgan fingerprint density at radius 2 is 2.24 bits per heavy atom. The van der Waals surface area contributed by atoms with E-state index in [1.165, 1.54) is 0 Å². The molecule has 1 aliphatic heterocycles. The zero-order chi connectivity index (χ0) is 15.2. The Hall–Kier alpha value is -2.02. The number of nitrogens with one attached hydrogen (secondary N) is 2. The van der Waals surface area contributed by atoms with Gasteiger partial charge in [-0.2, -0.15) is 0 Å². The van der Waals surface area contributed by atoms with Crippen molar-refractivity contribution < 1.29 is 19.1 Å². The van der Waals surface area contributed by atoms with Gasteiger partial charge in [0.15, 0.2) is 0 Å². The number of anilines is 1. The first-order chi connectivity index (χ1) is 10.0. The van der Waals surface area contributed by atoms with E-state index in [2.05, 4.69) is 10.6 Å². The summed E-state index contributed by atoms with van der Waals surface area (Å²) < 4.78 is 4.74. The lowest BCUT2D eigenvalue weighted by molar-refractivity contribution is -0.139. The molecule has 1 heterocycles. The standard InChI is InChI=1S/C14H16N2O4S/c1-9-3-2-4-10(7-9)15-12(17)8-21-14(19)16-11-5-6-20-13(11)18/h2-4,7,11H,5-6,8H2,1H3,(H,15,17)(H,16,19)/t11-/m0/s1. The van der Waals surface area contributed by atoms with Crippen LogP contribution in [0, 0.1) is 6.92 Å². The molecular formula is C14H16N2O4S. The Morgan fingerprint density at radius 3 is 2.90 bits per heavy atom. The Balaban J connectivity index is 1.73. The third-order valence-electron chi connectivity index (χ3n) is 2.86. The number of ether oxygens (including phenoxy) is 1.